The number of amides is 2. The molecule has 7 nitrogen and oxygen atoms in total. The molecule has 0 aliphatic carbocycles. The predicted molar refractivity (Wildman–Crippen MR) is 107 cm³/mol. The van der Waals surface area contributed by atoms with Gasteiger partial charge in [0.25, 0.3) is 10.0 Å². The van der Waals surface area contributed by atoms with Crippen LogP contribution < -0.4 is 14.5 Å². The van der Waals surface area contributed by atoms with Gasteiger partial charge in [0.15, 0.2) is 0 Å². The molecule has 2 saturated heterocycles. The lowest BCUT2D eigenvalue weighted by Gasteiger charge is -2.18. The Morgan fingerprint density at radius 3 is 1.86 bits per heavy atom. The van der Waals surface area contributed by atoms with E-state index in [0.717, 1.165) is 23.7 Å². The Morgan fingerprint density at radius 1 is 0.750 bits per heavy atom. The predicted octanol–water partition coefficient (Wildman–Crippen LogP) is 2.74. The number of benzene rings is 2. The van der Waals surface area contributed by atoms with Gasteiger partial charge in [-0.1, -0.05) is 0 Å². The molecular formula is C20H21N3O4S. The van der Waals surface area contributed by atoms with Crippen LogP contribution in [0, 0.1) is 0 Å². The summed E-state index contributed by atoms with van der Waals surface area (Å²) in [5.41, 5.74) is 1.96. The second-order valence-electron chi connectivity index (χ2n) is 6.96. The third kappa shape index (κ3) is 3.60. The van der Waals surface area contributed by atoms with Crippen LogP contribution in [-0.4, -0.2) is 33.3 Å². The molecule has 0 aromatic heterocycles. The first-order valence-electron chi connectivity index (χ1n) is 9.28. The number of carbonyl (C=O) groups excluding carboxylic acids is 2. The topological polar surface area (TPSA) is 86.8 Å². The molecule has 2 heterocycles. The van der Waals surface area contributed by atoms with Crippen molar-refractivity contribution in [2.24, 2.45) is 0 Å². The van der Waals surface area contributed by atoms with Crippen molar-refractivity contribution in [2.75, 3.05) is 27.6 Å². The monoisotopic (exact) mass is 399 g/mol. The number of hydrogen-bond acceptors (Lipinski definition) is 5. The van der Waals surface area contributed by atoms with Crippen LogP contribution in [0.15, 0.2) is 53.4 Å². The molecule has 0 bridgehead atoms. The Morgan fingerprint density at radius 2 is 1.29 bits per heavy atom. The highest BCUT2D eigenvalue weighted by Gasteiger charge is 2.30. The molecule has 0 atom stereocenters. The summed E-state index contributed by atoms with van der Waals surface area (Å²) in [7, 11) is -3.76. The van der Waals surface area contributed by atoms with Crippen LogP contribution in [0.2, 0.25) is 0 Å². The van der Waals surface area contributed by atoms with E-state index in [1.165, 1.54) is 37.1 Å². The fourth-order valence-electron chi connectivity index (χ4n) is 3.57. The van der Waals surface area contributed by atoms with Gasteiger partial charge in [0.2, 0.25) is 11.8 Å². The van der Waals surface area contributed by atoms with Gasteiger partial charge in [-0.3, -0.25) is 19.2 Å². The van der Waals surface area contributed by atoms with Gasteiger partial charge in [-0.05, 0) is 61.4 Å². The molecule has 0 spiro atoms. The van der Waals surface area contributed by atoms with E-state index in [-0.39, 0.29) is 29.6 Å². The molecular weight excluding hydrogens is 378 g/mol. The fourth-order valence-corrected chi connectivity index (χ4v) is 4.63. The van der Waals surface area contributed by atoms with Crippen molar-refractivity contribution in [2.45, 2.75) is 30.6 Å². The van der Waals surface area contributed by atoms with Gasteiger partial charge in [-0.2, -0.15) is 0 Å². The van der Waals surface area contributed by atoms with E-state index in [0.29, 0.717) is 11.4 Å². The summed E-state index contributed by atoms with van der Waals surface area (Å²) in [6, 6.07) is 13.1. The van der Waals surface area contributed by atoms with Crippen LogP contribution >= 0.6 is 0 Å². The lowest BCUT2D eigenvalue weighted by molar-refractivity contribution is -0.121. The fraction of sp³-hybridized carbons (Fsp3) is 0.300. The van der Waals surface area contributed by atoms with E-state index in [2.05, 4.69) is 9.62 Å². The molecule has 2 aromatic rings. The number of hydrogen-bond donors (Lipinski definition) is 1. The molecule has 0 saturated carbocycles. The maximum Gasteiger partial charge on any atom is 0.261 e. The van der Waals surface area contributed by atoms with Crippen LogP contribution in [0.5, 0.6) is 0 Å². The first-order chi connectivity index (χ1) is 13.4. The molecule has 1 N–H and O–H groups in total. The second-order valence-corrected chi connectivity index (χ2v) is 8.65. The number of rotatable bonds is 5. The molecule has 4 rings (SSSR count). The van der Waals surface area contributed by atoms with Crippen molar-refractivity contribution < 1.29 is 18.0 Å². The minimum atomic E-state index is -3.76. The Kier molecular flexibility index (Phi) is 4.80. The number of nitrogens with one attached hydrogen (secondary N) is 1. The number of nitrogens with zero attached hydrogens (tertiary/aromatic N) is 2. The molecule has 2 aromatic carbocycles. The Balaban J connectivity index is 1.48. The van der Waals surface area contributed by atoms with Gasteiger partial charge in [-0.15, -0.1) is 0 Å². The van der Waals surface area contributed by atoms with Crippen molar-refractivity contribution in [3.63, 3.8) is 0 Å². The average molecular weight is 399 g/mol. The van der Waals surface area contributed by atoms with Crippen molar-refractivity contribution >= 4 is 38.9 Å². The van der Waals surface area contributed by atoms with E-state index in [4.69, 9.17) is 0 Å². The van der Waals surface area contributed by atoms with Crippen LogP contribution in [0.3, 0.4) is 0 Å². The van der Waals surface area contributed by atoms with Gasteiger partial charge in [0.05, 0.1) is 10.6 Å². The van der Waals surface area contributed by atoms with Crippen LogP contribution in [-0.2, 0) is 19.6 Å². The molecule has 2 amide bonds. The normalized spacial score (nSPS) is 17.4. The van der Waals surface area contributed by atoms with Crippen LogP contribution in [0.25, 0.3) is 0 Å². The Labute approximate surface area is 164 Å². The van der Waals surface area contributed by atoms with Crippen LogP contribution in [0.4, 0.5) is 17.1 Å². The zero-order valence-corrected chi connectivity index (χ0v) is 16.1. The summed E-state index contributed by atoms with van der Waals surface area (Å²) in [4.78, 5) is 27.0. The Hall–Kier alpha value is -2.87. The third-order valence-electron chi connectivity index (χ3n) is 5.05. The van der Waals surface area contributed by atoms with E-state index >= 15 is 0 Å². The molecule has 2 aliphatic rings. The minimum Gasteiger partial charge on any atom is -0.372 e. The summed E-state index contributed by atoms with van der Waals surface area (Å²) in [5, 5.41) is 0. The van der Waals surface area contributed by atoms with Gasteiger partial charge in [0.1, 0.15) is 0 Å². The van der Waals surface area contributed by atoms with Crippen molar-refractivity contribution in [3.8, 4) is 0 Å². The van der Waals surface area contributed by atoms with Gasteiger partial charge in [0, 0.05) is 37.3 Å². The SMILES string of the molecule is O=C1CCC(=O)N1c1ccc(S(=O)(=O)Nc2ccc(N3CCCC3)cc2)cc1. The number of sulfonamides is 1. The molecule has 2 fully saturated rings. The molecule has 0 radical (unpaired) electrons. The zero-order chi connectivity index (χ0) is 19.7. The first kappa shape index (κ1) is 18.5. The van der Waals surface area contributed by atoms with E-state index in [9.17, 15) is 18.0 Å². The lowest BCUT2D eigenvalue weighted by atomic mass is 10.2. The minimum absolute atomic E-state index is 0.0685. The number of imide groups is 1. The third-order valence-corrected chi connectivity index (χ3v) is 6.44. The summed E-state index contributed by atoms with van der Waals surface area (Å²) < 4.78 is 27.8. The molecule has 0 unspecified atom stereocenters. The van der Waals surface area contributed by atoms with E-state index < -0.39 is 10.0 Å². The van der Waals surface area contributed by atoms with Crippen molar-refractivity contribution in [3.05, 3.63) is 48.5 Å². The maximum absolute atomic E-state index is 12.6. The van der Waals surface area contributed by atoms with Crippen LogP contribution in [0.1, 0.15) is 25.7 Å². The van der Waals surface area contributed by atoms with Gasteiger partial charge < -0.3 is 4.90 Å². The summed E-state index contributed by atoms with van der Waals surface area (Å²) >= 11 is 0. The first-order valence-corrected chi connectivity index (χ1v) is 10.8. The highest BCUT2D eigenvalue weighted by atomic mass is 32.2. The standard InChI is InChI=1S/C20H21N3O4S/c24-19-11-12-20(25)23(19)17-7-9-18(10-8-17)28(26,27)21-15-3-5-16(6-4-15)22-13-1-2-14-22/h3-10,21H,1-2,11-14H2. The van der Waals surface area contributed by atoms with Gasteiger partial charge >= 0.3 is 0 Å². The highest BCUT2D eigenvalue weighted by Crippen LogP contribution is 2.26. The largest absolute Gasteiger partial charge is 0.372 e. The van der Waals surface area contributed by atoms with Crippen molar-refractivity contribution in [1.82, 2.24) is 0 Å². The molecule has 2 aliphatic heterocycles. The zero-order valence-electron chi connectivity index (χ0n) is 15.3. The average Bonchev–Trinajstić information content (AvgIpc) is 3.32. The number of anilines is 3. The molecule has 28 heavy (non-hydrogen) atoms. The smallest absolute Gasteiger partial charge is 0.261 e. The van der Waals surface area contributed by atoms with E-state index in [1.54, 1.807) is 12.1 Å². The molecule has 8 heteroatoms. The maximum atomic E-state index is 12.6. The summed E-state index contributed by atoms with van der Waals surface area (Å²) in [6.45, 7) is 2.05. The van der Waals surface area contributed by atoms with E-state index in [1.807, 2.05) is 12.1 Å². The summed E-state index contributed by atoms with van der Waals surface area (Å²) in [5.74, 6) is -0.534. The Bertz CT molecular complexity index is 979. The second kappa shape index (κ2) is 7.27. The van der Waals surface area contributed by atoms with Gasteiger partial charge in [-0.25, -0.2) is 8.42 Å². The summed E-state index contributed by atoms with van der Waals surface area (Å²) in [6.07, 6.45) is 2.74. The highest BCUT2D eigenvalue weighted by molar-refractivity contribution is 7.92. The van der Waals surface area contributed by atoms with Crippen molar-refractivity contribution in [1.29, 1.82) is 0 Å². The quantitative estimate of drug-likeness (QED) is 0.782. The lowest BCUT2D eigenvalue weighted by Crippen LogP contribution is -2.28. The molecule has 146 valence electrons. The number of carbonyl (C=O) groups is 2.